The van der Waals surface area contributed by atoms with E-state index in [1.54, 1.807) is 4.68 Å². The van der Waals surface area contributed by atoms with Crippen LogP contribution in [0.1, 0.15) is 22.6 Å². The lowest BCUT2D eigenvalue weighted by Gasteiger charge is -2.32. The first kappa shape index (κ1) is 18.4. The molecule has 1 aromatic heterocycles. The topological polar surface area (TPSA) is 84.8 Å². The number of carbonyl (C=O) groups excluding carboxylic acids is 1. The molecule has 3 aliphatic rings. The van der Waals surface area contributed by atoms with Gasteiger partial charge in [-0.3, -0.25) is 9.69 Å². The molecule has 1 unspecified atom stereocenters. The van der Waals surface area contributed by atoms with Crippen LogP contribution in [0.15, 0.2) is 18.2 Å². The van der Waals surface area contributed by atoms with E-state index in [4.69, 9.17) is 9.47 Å². The van der Waals surface area contributed by atoms with Gasteiger partial charge in [0.15, 0.2) is 17.2 Å². The molecule has 2 fully saturated rings. The van der Waals surface area contributed by atoms with Gasteiger partial charge in [-0.15, -0.1) is 5.10 Å². The third-order valence-corrected chi connectivity index (χ3v) is 5.99. The van der Waals surface area contributed by atoms with Gasteiger partial charge < -0.3 is 19.7 Å². The number of amides is 1. The Hall–Kier alpha value is -2.65. The number of hydrogen-bond acceptors (Lipinski definition) is 7. The summed E-state index contributed by atoms with van der Waals surface area (Å²) in [5.74, 6) is 1.38. The summed E-state index contributed by atoms with van der Waals surface area (Å²) >= 11 is 0. The second kappa shape index (κ2) is 7.64. The highest BCUT2D eigenvalue weighted by atomic mass is 16.6. The maximum atomic E-state index is 13.1. The second-order valence-corrected chi connectivity index (χ2v) is 7.74. The molecule has 9 nitrogen and oxygen atoms in total. The minimum absolute atomic E-state index is 0.0380. The monoisotopic (exact) mass is 398 g/mol. The van der Waals surface area contributed by atoms with Gasteiger partial charge in [0.25, 0.3) is 5.91 Å². The van der Waals surface area contributed by atoms with Crippen LogP contribution in [0.5, 0.6) is 11.5 Å². The van der Waals surface area contributed by atoms with Gasteiger partial charge in [-0.1, -0.05) is 5.21 Å². The van der Waals surface area contributed by atoms with Crippen molar-refractivity contribution >= 4 is 5.91 Å². The molecule has 29 heavy (non-hydrogen) atoms. The van der Waals surface area contributed by atoms with E-state index in [2.05, 4.69) is 20.5 Å². The molecule has 1 amide bonds. The SMILES string of the molecule is Cc1c(C(=O)N2CCC(N3CCNCC3)C2)nnn1-c1ccc2c(c1)OCCO2. The quantitative estimate of drug-likeness (QED) is 0.804. The molecule has 2 aromatic rings. The lowest BCUT2D eigenvalue weighted by Crippen LogP contribution is -2.49. The summed E-state index contributed by atoms with van der Waals surface area (Å²) in [7, 11) is 0. The number of nitrogens with zero attached hydrogens (tertiary/aromatic N) is 5. The highest BCUT2D eigenvalue weighted by Crippen LogP contribution is 2.32. The van der Waals surface area contributed by atoms with Crippen LogP contribution in [0.3, 0.4) is 0 Å². The minimum atomic E-state index is -0.0380. The standard InChI is InChI=1S/C20H26N6O3/c1-14-19(20(27)25-7-4-16(13-25)24-8-5-21-6-9-24)22-23-26(14)15-2-3-17-18(12-15)29-11-10-28-17/h2-3,12,16,21H,4-11,13H2,1H3. The Labute approximate surface area is 169 Å². The van der Waals surface area contributed by atoms with Gasteiger partial charge in [-0.2, -0.15) is 0 Å². The predicted molar refractivity (Wildman–Crippen MR) is 106 cm³/mol. The smallest absolute Gasteiger partial charge is 0.276 e. The minimum Gasteiger partial charge on any atom is -0.486 e. The van der Waals surface area contributed by atoms with Gasteiger partial charge >= 0.3 is 0 Å². The molecule has 2 saturated heterocycles. The summed E-state index contributed by atoms with van der Waals surface area (Å²) < 4.78 is 12.9. The molecule has 5 rings (SSSR count). The van der Waals surface area contributed by atoms with E-state index in [9.17, 15) is 4.79 Å². The number of piperazine rings is 1. The number of benzene rings is 1. The number of aromatic nitrogens is 3. The number of hydrogen-bond donors (Lipinski definition) is 1. The van der Waals surface area contributed by atoms with E-state index >= 15 is 0 Å². The van der Waals surface area contributed by atoms with Gasteiger partial charge in [0, 0.05) is 51.4 Å². The summed E-state index contributed by atoms with van der Waals surface area (Å²) in [6.45, 7) is 8.63. The summed E-state index contributed by atoms with van der Waals surface area (Å²) in [5.41, 5.74) is 1.96. The van der Waals surface area contributed by atoms with Crippen molar-refractivity contribution < 1.29 is 14.3 Å². The Balaban J connectivity index is 1.32. The molecule has 0 saturated carbocycles. The number of fused-ring (bicyclic) bond motifs is 1. The molecule has 0 aliphatic carbocycles. The molecular weight excluding hydrogens is 372 g/mol. The van der Waals surface area contributed by atoms with E-state index in [1.165, 1.54) is 0 Å². The fraction of sp³-hybridized carbons (Fsp3) is 0.550. The third kappa shape index (κ3) is 3.44. The highest BCUT2D eigenvalue weighted by Gasteiger charge is 2.33. The highest BCUT2D eigenvalue weighted by molar-refractivity contribution is 5.93. The molecule has 0 bridgehead atoms. The van der Waals surface area contributed by atoms with E-state index in [0.29, 0.717) is 30.7 Å². The van der Waals surface area contributed by atoms with Gasteiger partial charge in [0.1, 0.15) is 13.2 Å². The molecular formula is C20H26N6O3. The first-order chi connectivity index (χ1) is 14.2. The summed E-state index contributed by atoms with van der Waals surface area (Å²) in [6, 6.07) is 6.08. The van der Waals surface area contributed by atoms with Crippen LogP contribution in [0.25, 0.3) is 5.69 Å². The van der Waals surface area contributed by atoms with Gasteiger partial charge in [0.05, 0.1) is 11.4 Å². The van der Waals surface area contributed by atoms with Crippen LogP contribution in [0.4, 0.5) is 0 Å². The van der Waals surface area contributed by atoms with Crippen molar-refractivity contribution in [2.24, 2.45) is 0 Å². The number of ether oxygens (including phenoxy) is 2. The zero-order chi connectivity index (χ0) is 19.8. The van der Waals surface area contributed by atoms with Crippen LogP contribution < -0.4 is 14.8 Å². The first-order valence-electron chi connectivity index (χ1n) is 10.3. The summed E-state index contributed by atoms with van der Waals surface area (Å²) in [6.07, 6.45) is 1.01. The molecule has 1 atom stereocenters. The number of rotatable bonds is 3. The van der Waals surface area contributed by atoms with Crippen molar-refractivity contribution in [3.05, 3.63) is 29.6 Å². The fourth-order valence-corrected chi connectivity index (χ4v) is 4.36. The predicted octanol–water partition coefficient (Wildman–Crippen LogP) is 0.467. The largest absolute Gasteiger partial charge is 0.486 e. The molecule has 1 aromatic carbocycles. The van der Waals surface area contributed by atoms with Crippen molar-refractivity contribution in [3.63, 3.8) is 0 Å². The molecule has 0 radical (unpaired) electrons. The Kier molecular flexibility index (Phi) is 4.84. The maximum Gasteiger partial charge on any atom is 0.276 e. The Bertz CT molecular complexity index is 908. The lowest BCUT2D eigenvalue weighted by atomic mass is 10.2. The van der Waals surface area contributed by atoms with E-state index in [0.717, 1.165) is 62.8 Å². The number of carbonyl (C=O) groups is 1. The van der Waals surface area contributed by atoms with Crippen LogP contribution in [0, 0.1) is 6.92 Å². The Morgan fingerprint density at radius 3 is 2.76 bits per heavy atom. The van der Waals surface area contributed by atoms with Gasteiger partial charge in [-0.25, -0.2) is 4.68 Å². The van der Waals surface area contributed by atoms with Crippen LogP contribution in [0.2, 0.25) is 0 Å². The fourth-order valence-electron chi connectivity index (χ4n) is 4.36. The maximum absolute atomic E-state index is 13.1. The second-order valence-electron chi connectivity index (χ2n) is 7.74. The lowest BCUT2D eigenvalue weighted by molar-refractivity contribution is 0.0767. The summed E-state index contributed by atoms with van der Waals surface area (Å²) in [4.78, 5) is 17.5. The van der Waals surface area contributed by atoms with Crippen molar-refractivity contribution in [1.82, 2.24) is 30.1 Å². The molecule has 1 N–H and O–H groups in total. The molecule has 4 heterocycles. The molecule has 3 aliphatic heterocycles. The number of likely N-dealkylation sites (tertiary alicyclic amines) is 1. The zero-order valence-electron chi connectivity index (χ0n) is 16.6. The average Bonchev–Trinajstić information content (AvgIpc) is 3.41. The van der Waals surface area contributed by atoms with Crippen molar-refractivity contribution in [3.8, 4) is 17.2 Å². The molecule has 9 heteroatoms. The van der Waals surface area contributed by atoms with Crippen molar-refractivity contribution in [1.29, 1.82) is 0 Å². The van der Waals surface area contributed by atoms with Crippen molar-refractivity contribution in [2.45, 2.75) is 19.4 Å². The van der Waals surface area contributed by atoms with E-state index in [-0.39, 0.29) is 5.91 Å². The van der Waals surface area contributed by atoms with Crippen molar-refractivity contribution in [2.75, 3.05) is 52.5 Å². The van der Waals surface area contributed by atoms with Crippen LogP contribution in [-0.4, -0.2) is 89.2 Å². The van der Waals surface area contributed by atoms with E-state index < -0.39 is 0 Å². The molecule has 0 spiro atoms. The van der Waals surface area contributed by atoms with Crippen LogP contribution >= 0.6 is 0 Å². The zero-order valence-corrected chi connectivity index (χ0v) is 16.6. The Morgan fingerprint density at radius 1 is 1.14 bits per heavy atom. The molecule has 154 valence electrons. The Morgan fingerprint density at radius 2 is 1.93 bits per heavy atom. The van der Waals surface area contributed by atoms with Gasteiger partial charge in [0.2, 0.25) is 0 Å². The third-order valence-electron chi connectivity index (χ3n) is 5.99. The normalized spacial score (nSPS) is 22.1. The van der Waals surface area contributed by atoms with Crippen LogP contribution in [-0.2, 0) is 0 Å². The number of nitrogens with one attached hydrogen (secondary N) is 1. The average molecular weight is 398 g/mol. The summed E-state index contributed by atoms with van der Waals surface area (Å²) in [5, 5.41) is 11.8. The first-order valence-corrected chi connectivity index (χ1v) is 10.3. The van der Waals surface area contributed by atoms with Gasteiger partial charge in [-0.05, 0) is 25.5 Å². The van der Waals surface area contributed by atoms with E-state index in [1.807, 2.05) is 30.0 Å².